The normalized spacial score (nSPS) is 10.7. The summed E-state index contributed by atoms with van der Waals surface area (Å²) in [6.45, 7) is 3.62. The first-order valence-corrected chi connectivity index (χ1v) is 10.1. The van der Waals surface area contributed by atoms with Gasteiger partial charge in [0.15, 0.2) is 6.61 Å². The van der Waals surface area contributed by atoms with Crippen LogP contribution in [0.4, 0.5) is 4.79 Å². The quantitative estimate of drug-likeness (QED) is 0.578. The average Bonchev–Trinajstić information content (AvgIpc) is 3.26. The van der Waals surface area contributed by atoms with E-state index in [0.29, 0.717) is 22.1 Å². The second-order valence-electron chi connectivity index (χ2n) is 6.16. The molecule has 2 aromatic heterocycles. The molecule has 0 aliphatic rings. The lowest BCUT2D eigenvalue weighted by molar-refractivity contribution is -0.123. The maximum Gasteiger partial charge on any atom is 0.348 e. The molecule has 0 unspecified atom stereocenters. The zero-order valence-corrected chi connectivity index (χ0v) is 17.4. The van der Waals surface area contributed by atoms with Gasteiger partial charge in [0, 0.05) is 11.9 Å². The van der Waals surface area contributed by atoms with Gasteiger partial charge in [-0.1, -0.05) is 30.7 Å². The maximum atomic E-state index is 12.4. The molecule has 0 aliphatic carbocycles. The van der Waals surface area contributed by atoms with Crippen LogP contribution in [0.25, 0.3) is 15.9 Å². The molecule has 0 radical (unpaired) electrons. The van der Waals surface area contributed by atoms with E-state index in [9.17, 15) is 14.4 Å². The molecule has 3 rings (SSSR count). The number of nitrogens with one attached hydrogen (secondary N) is 2. The highest BCUT2D eigenvalue weighted by Gasteiger charge is 2.20. The third-order valence-corrected chi connectivity index (χ3v) is 5.36. The van der Waals surface area contributed by atoms with E-state index in [-0.39, 0.29) is 0 Å². The highest BCUT2D eigenvalue weighted by molar-refractivity contribution is 7.20. The van der Waals surface area contributed by atoms with E-state index in [1.54, 1.807) is 16.8 Å². The van der Waals surface area contributed by atoms with Crippen molar-refractivity contribution in [1.29, 1.82) is 0 Å². The number of ether oxygens (including phenoxy) is 1. The highest BCUT2D eigenvalue weighted by atomic mass is 35.5. The van der Waals surface area contributed by atoms with Crippen molar-refractivity contribution >= 4 is 51.1 Å². The fraction of sp³-hybridized carbons (Fsp3) is 0.263. The van der Waals surface area contributed by atoms with E-state index in [0.717, 1.165) is 22.3 Å². The molecule has 3 amide bonds. The van der Waals surface area contributed by atoms with E-state index in [2.05, 4.69) is 15.7 Å². The van der Waals surface area contributed by atoms with Gasteiger partial charge in [-0.15, -0.1) is 11.3 Å². The number of carbonyl (C=O) groups excluding carboxylic acids is 3. The van der Waals surface area contributed by atoms with Gasteiger partial charge in [0.1, 0.15) is 9.71 Å². The van der Waals surface area contributed by atoms with Gasteiger partial charge in [0.2, 0.25) is 0 Å². The summed E-state index contributed by atoms with van der Waals surface area (Å²) in [6.07, 6.45) is 0.744. The van der Waals surface area contributed by atoms with Gasteiger partial charge in [-0.2, -0.15) is 5.10 Å². The van der Waals surface area contributed by atoms with E-state index in [1.807, 2.05) is 32.0 Å². The molecule has 10 heteroatoms. The summed E-state index contributed by atoms with van der Waals surface area (Å²) in [5.74, 6) is -1.35. The molecule has 0 bridgehead atoms. The third kappa shape index (κ3) is 4.75. The summed E-state index contributed by atoms with van der Waals surface area (Å²) in [5.41, 5.74) is 1.44. The Kier molecular flexibility index (Phi) is 6.50. The monoisotopic (exact) mass is 434 g/mol. The Morgan fingerprint density at radius 1 is 1.28 bits per heavy atom. The van der Waals surface area contributed by atoms with Gasteiger partial charge in [-0.25, -0.2) is 14.3 Å². The van der Waals surface area contributed by atoms with Crippen molar-refractivity contribution in [3.8, 4) is 5.69 Å². The maximum absolute atomic E-state index is 12.4. The van der Waals surface area contributed by atoms with Gasteiger partial charge >= 0.3 is 12.0 Å². The second-order valence-corrected chi connectivity index (χ2v) is 7.60. The standard InChI is InChI=1S/C19H19ClN4O4S/c1-3-8-21-19(27)22-16(25)10-28-18(26)15-9-12-11(2)23-24(17(12)29-15)14-7-5-4-6-13(14)20/h4-7,9H,3,8,10H2,1-2H3,(H2,21,22,25,27). The third-order valence-electron chi connectivity index (χ3n) is 3.95. The predicted octanol–water partition coefficient (Wildman–Crippen LogP) is 3.44. The molecule has 3 aromatic rings. The fourth-order valence-electron chi connectivity index (χ4n) is 2.58. The van der Waals surface area contributed by atoms with E-state index in [4.69, 9.17) is 16.3 Å². The van der Waals surface area contributed by atoms with E-state index >= 15 is 0 Å². The van der Waals surface area contributed by atoms with Crippen molar-refractivity contribution in [2.75, 3.05) is 13.2 Å². The number of aryl methyl sites for hydroxylation is 1. The lowest BCUT2D eigenvalue weighted by Crippen LogP contribution is -2.41. The average molecular weight is 435 g/mol. The number of nitrogens with zero attached hydrogens (tertiary/aromatic N) is 2. The van der Waals surface area contributed by atoms with Gasteiger partial charge in [-0.05, 0) is 31.5 Å². The van der Waals surface area contributed by atoms with E-state index in [1.165, 1.54) is 11.3 Å². The van der Waals surface area contributed by atoms with Crippen LogP contribution in [0.3, 0.4) is 0 Å². The molecule has 8 nitrogen and oxygen atoms in total. The van der Waals surface area contributed by atoms with Crippen LogP contribution in [0.2, 0.25) is 5.02 Å². The van der Waals surface area contributed by atoms with Crippen LogP contribution in [-0.2, 0) is 9.53 Å². The molecule has 0 saturated heterocycles. The zero-order valence-electron chi connectivity index (χ0n) is 15.8. The first kappa shape index (κ1) is 20.8. The number of para-hydroxylation sites is 1. The van der Waals surface area contributed by atoms with Crippen LogP contribution in [0.15, 0.2) is 30.3 Å². The van der Waals surface area contributed by atoms with Crippen molar-refractivity contribution in [1.82, 2.24) is 20.4 Å². The lowest BCUT2D eigenvalue weighted by atomic mass is 10.3. The minimum Gasteiger partial charge on any atom is -0.451 e. The Bertz CT molecular complexity index is 1080. The van der Waals surface area contributed by atoms with Crippen LogP contribution < -0.4 is 10.6 Å². The number of aromatic nitrogens is 2. The van der Waals surface area contributed by atoms with Gasteiger partial charge in [-0.3, -0.25) is 10.1 Å². The Morgan fingerprint density at radius 3 is 2.76 bits per heavy atom. The number of urea groups is 1. The summed E-state index contributed by atoms with van der Waals surface area (Å²) >= 11 is 7.46. The topological polar surface area (TPSA) is 102 Å². The highest BCUT2D eigenvalue weighted by Crippen LogP contribution is 2.32. The number of rotatable bonds is 6. The number of thiophene rings is 1. The zero-order chi connectivity index (χ0) is 21.0. The molecule has 0 atom stereocenters. The van der Waals surface area contributed by atoms with Gasteiger partial charge in [0.05, 0.1) is 16.4 Å². The number of imide groups is 1. The van der Waals surface area contributed by atoms with Crippen molar-refractivity contribution in [2.45, 2.75) is 20.3 Å². The minimum atomic E-state index is -0.702. The smallest absolute Gasteiger partial charge is 0.348 e. The van der Waals surface area contributed by atoms with Crippen molar-refractivity contribution in [3.05, 3.63) is 45.9 Å². The summed E-state index contributed by atoms with van der Waals surface area (Å²) < 4.78 is 6.71. The number of carbonyl (C=O) groups is 3. The van der Waals surface area contributed by atoms with Crippen molar-refractivity contribution in [2.24, 2.45) is 0 Å². The number of amides is 3. The number of hydrogen-bond donors (Lipinski definition) is 2. The van der Waals surface area contributed by atoms with Crippen LogP contribution in [-0.4, -0.2) is 40.8 Å². The Labute approximate surface area is 175 Å². The van der Waals surface area contributed by atoms with Crippen molar-refractivity contribution < 1.29 is 19.1 Å². The SMILES string of the molecule is CCCNC(=O)NC(=O)COC(=O)c1cc2c(C)nn(-c3ccccc3Cl)c2s1. The number of benzene rings is 1. The number of hydrogen-bond acceptors (Lipinski definition) is 6. The summed E-state index contributed by atoms with van der Waals surface area (Å²) in [5, 5.41) is 10.4. The molecular formula is C19H19ClN4O4S. The Balaban J connectivity index is 1.71. The molecular weight excluding hydrogens is 416 g/mol. The molecule has 2 heterocycles. The molecule has 0 spiro atoms. The molecule has 0 aliphatic heterocycles. The summed E-state index contributed by atoms with van der Waals surface area (Å²) in [7, 11) is 0. The van der Waals surface area contributed by atoms with Crippen LogP contribution in [0.1, 0.15) is 28.7 Å². The van der Waals surface area contributed by atoms with Crippen LogP contribution in [0.5, 0.6) is 0 Å². The molecule has 1 aromatic carbocycles. The second kappa shape index (κ2) is 9.06. The Morgan fingerprint density at radius 2 is 2.03 bits per heavy atom. The largest absolute Gasteiger partial charge is 0.451 e. The number of esters is 1. The Hall–Kier alpha value is -2.91. The summed E-state index contributed by atoms with van der Waals surface area (Å²) in [6, 6.07) is 8.32. The van der Waals surface area contributed by atoms with Crippen LogP contribution >= 0.6 is 22.9 Å². The fourth-order valence-corrected chi connectivity index (χ4v) is 3.87. The van der Waals surface area contributed by atoms with Crippen LogP contribution in [0, 0.1) is 6.92 Å². The molecule has 152 valence electrons. The predicted molar refractivity (Wildman–Crippen MR) is 111 cm³/mol. The summed E-state index contributed by atoms with van der Waals surface area (Å²) in [4.78, 5) is 36.6. The van der Waals surface area contributed by atoms with Gasteiger partial charge < -0.3 is 10.1 Å². The first-order valence-electron chi connectivity index (χ1n) is 8.89. The lowest BCUT2D eigenvalue weighted by Gasteiger charge is -2.06. The molecule has 0 saturated carbocycles. The van der Waals surface area contributed by atoms with Crippen molar-refractivity contribution in [3.63, 3.8) is 0 Å². The molecule has 2 N–H and O–H groups in total. The number of fused-ring (bicyclic) bond motifs is 1. The molecule has 29 heavy (non-hydrogen) atoms. The molecule has 0 fully saturated rings. The first-order chi connectivity index (χ1) is 13.9. The van der Waals surface area contributed by atoms with Gasteiger partial charge in [0.25, 0.3) is 5.91 Å². The number of halogens is 1. The van der Waals surface area contributed by atoms with E-state index < -0.39 is 24.5 Å². The minimum absolute atomic E-state index is 0.324.